The predicted octanol–water partition coefficient (Wildman–Crippen LogP) is 4.17. The van der Waals surface area contributed by atoms with E-state index in [2.05, 4.69) is 0 Å². The number of benzene rings is 2. The van der Waals surface area contributed by atoms with E-state index >= 15 is 0 Å². The number of fused-ring (bicyclic) bond motifs is 1. The minimum atomic E-state index is -0.693. The summed E-state index contributed by atoms with van der Waals surface area (Å²) in [7, 11) is 0. The molecule has 0 fully saturated rings. The van der Waals surface area contributed by atoms with Crippen molar-refractivity contribution in [2.45, 2.75) is 19.4 Å². The predicted molar refractivity (Wildman–Crippen MR) is 84.2 cm³/mol. The smallest absolute Gasteiger partial charge is 0.347 e. The first kappa shape index (κ1) is 15.1. The number of para-hydroxylation sites is 1. The Morgan fingerprint density at radius 3 is 2.57 bits per heavy atom. The van der Waals surface area contributed by atoms with E-state index < -0.39 is 11.7 Å². The Labute approximate surface area is 131 Å². The molecule has 0 saturated heterocycles. The summed E-state index contributed by atoms with van der Waals surface area (Å²) >= 11 is 0. The Balaban J connectivity index is 2.05. The van der Waals surface area contributed by atoms with Crippen molar-refractivity contribution in [2.24, 2.45) is 0 Å². The van der Waals surface area contributed by atoms with E-state index in [1.807, 2.05) is 6.92 Å². The lowest BCUT2D eigenvalue weighted by Gasteiger charge is -2.18. The molecule has 0 aliphatic carbocycles. The summed E-state index contributed by atoms with van der Waals surface area (Å²) in [5.74, 6) is -0.116. The molecule has 0 aliphatic heterocycles. The van der Waals surface area contributed by atoms with Crippen molar-refractivity contribution in [3.63, 3.8) is 0 Å². The lowest BCUT2D eigenvalue weighted by Crippen LogP contribution is -2.17. The number of halogens is 1. The van der Waals surface area contributed by atoms with Gasteiger partial charge in [0.2, 0.25) is 0 Å². The van der Waals surface area contributed by atoms with E-state index in [1.54, 1.807) is 24.3 Å². The molecule has 2 aromatic carbocycles. The number of hydrogen-bond acceptors (Lipinski definition) is 4. The number of hydrogen-bond donors (Lipinski definition) is 1. The lowest BCUT2D eigenvalue weighted by molar-refractivity contribution is 0.192. The Morgan fingerprint density at radius 1 is 1.17 bits per heavy atom. The van der Waals surface area contributed by atoms with Gasteiger partial charge in [-0.3, -0.25) is 0 Å². The number of aromatic hydroxyl groups is 1. The molecule has 118 valence electrons. The van der Waals surface area contributed by atoms with Gasteiger partial charge in [-0.05, 0) is 42.8 Å². The number of rotatable bonds is 4. The van der Waals surface area contributed by atoms with Gasteiger partial charge < -0.3 is 14.3 Å². The van der Waals surface area contributed by atoms with Gasteiger partial charge in [-0.15, -0.1) is 0 Å². The standard InChI is InChI=1S/C18H15FO4/c1-2-14(22-12-9-7-11(19)8-10-12)16-17(20)13-5-3-4-6-15(13)23-18(16)21/h3-10,14,20H,2H2,1H3. The van der Waals surface area contributed by atoms with Gasteiger partial charge in [0.15, 0.2) is 0 Å². The molecule has 0 aliphatic rings. The van der Waals surface area contributed by atoms with Crippen LogP contribution in [-0.2, 0) is 0 Å². The first-order valence-electron chi connectivity index (χ1n) is 7.27. The first-order chi connectivity index (χ1) is 11.1. The zero-order chi connectivity index (χ0) is 16.4. The zero-order valence-corrected chi connectivity index (χ0v) is 12.5. The van der Waals surface area contributed by atoms with E-state index in [-0.39, 0.29) is 17.1 Å². The largest absolute Gasteiger partial charge is 0.506 e. The van der Waals surface area contributed by atoms with Crippen LogP contribution in [0.15, 0.2) is 57.7 Å². The molecule has 0 spiro atoms. The van der Waals surface area contributed by atoms with Crippen molar-refractivity contribution >= 4 is 11.0 Å². The Kier molecular flexibility index (Phi) is 4.02. The molecule has 3 aromatic rings. The summed E-state index contributed by atoms with van der Waals surface area (Å²) in [6.07, 6.45) is -0.255. The van der Waals surface area contributed by atoms with Crippen LogP contribution in [0.1, 0.15) is 25.0 Å². The van der Waals surface area contributed by atoms with E-state index in [9.17, 15) is 14.3 Å². The van der Waals surface area contributed by atoms with Crippen LogP contribution in [0.2, 0.25) is 0 Å². The molecular weight excluding hydrogens is 299 g/mol. The molecule has 23 heavy (non-hydrogen) atoms. The molecule has 1 N–H and O–H groups in total. The Morgan fingerprint density at radius 2 is 1.87 bits per heavy atom. The molecule has 3 rings (SSSR count). The molecule has 1 atom stereocenters. The molecule has 0 radical (unpaired) electrons. The van der Waals surface area contributed by atoms with Crippen molar-refractivity contribution in [2.75, 3.05) is 0 Å². The molecule has 1 heterocycles. The van der Waals surface area contributed by atoms with Gasteiger partial charge in [-0.1, -0.05) is 19.1 Å². The van der Waals surface area contributed by atoms with E-state index in [1.165, 1.54) is 24.3 Å². The van der Waals surface area contributed by atoms with Gasteiger partial charge in [0, 0.05) is 0 Å². The van der Waals surface area contributed by atoms with Crippen molar-refractivity contribution in [3.05, 3.63) is 70.3 Å². The lowest BCUT2D eigenvalue weighted by atomic mass is 10.1. The van der Waals surface area contributed by atoms with Crippen molar-refractivity contribution in [1.82, 2.24) is 0 Å². The summed E-state index contributed by atoms with van der Waals surface area (Å²) in [6.45, 7) is 1.82. The average Bonchev–Trinajstić information content (AvgIpc) is 2.55. The second-order valence-electron chi connectivity index (χ2n) is 5.12. The van der Waals surface area contributed by atoms with Crippen LogP contribution in [0.4, 0.5) is 4.39 Å². The Bertz CT molecular complexity index is 884. The molecule has 4 nitrogen and oxygen atoms in total. The molecule has 0 amide bonds. The zero-order valence-electron chi connectivity index (χ0n) is 12.5. The van der Waals surface area contributed by atoms with Crippen LogP contribution < -0.4 is 10.4 Å². The van der Waals surface area contributed by atoms with Crippen molar-refractivity contribution in [1.29, 1.82) is 0 Å². The minimum absolute atomic E-state index is 0.0653. The third-order valence-electron chi connectivity index (χ3n) is 3.60. The maximum Gasteiger partial charge on any atom is 0.347 e. The second kappa shape index (κ2) is 6.12. The van der Waals surface area contributed by atoms with Gasteiger partial charge in [-0.25, -0.2) is 9.18 Å². The topological polar surface area (TPSA) is 59.7 Å². The quantitative estimate of drug-likeness (QED) is 0.734. The van der Waals surface area contributed by atoms with Crippen LogP contribution in [0, 0.1) is 5.82 Å². The molecule has 0 saturated carbocycles. The van der Waals surface area contributed by atoms with Gasteiger partial charge in [0.1, 0.15) is 34.6 Å². The van der Waals surface area contributed by atoms with E-state index in [4.69, 9.17) is 9.15 Å². The highest BCUT2D eigenvalue weighted by molar-refractivity contribution is 5.84. The Hall–Kier alpha value is -2.82. The highest BCUT2D eigenvalue weighted by atomic mass is 19.1. The van der Waals surface area contributed by atoms with Crippen LogP contribution in [-0.4, -0.2) is 5.11 Å². The summed E-state index contributed by atoms with van der Waals surface area (Å²) in [6, 6.07) is 12.2. The van der Waals surface area contributed by atoms with Crippen molar-refractivity contribution < 1.29 is 18.7 Å². The number of ether oxygens (including phenoxy) is 1. The summed E-state index contributed by atoms with van der Waals surface area (Å²) in [4.78, 5) is 12.2. The average molecular weight is 314 g/mol. The highest BCUT2D eigenvalue weighted by Crippen LogP contribution is 2.33. The highest BCUT2D eigenvalue weighted by Gasteiger charge is 2.23. The van der Waals surface area contributed by atoms with Gasteiger partial charge >= 0.3 is 5.63 Å². The third kappa shape index (κ3) is 2.90. The van der Waals surface area contributed by atoms with Crippen LogP contribution in [0.3, 0.4) is 0 Å². The van der Waals surface area contributed by atoms with Crippen LogP contribution >= 0.6 is 0 Å². The van der Waals surface area contributed by atoms with Crippen LogP contribution in [0.25, 0.3) is 11.0 Å². The van der Waals surface area contributed by atoms with Gasteiger partial charge in [0.25, 0.3) is 0 Å². The molecule has 0 bridgehead atoms. The summed E-state index contributed by atoms with van der Waals surface area (Å²) < 4.78 is 24.0. The van der Waals surface area contributed by atoms with E-state index in [0.717, 1.165) is 0 Å². The molecular formula is C18H15FO4. The summed E-state index contributed by atoms with van der Waals surface area (Å²) in [5.41, 5.74) is -0.263. The third-order valence-corrected chi connectivity index (χ3v) is 3.60. The fourth-order valence-electron chi connectivity index (χ4n) is 2.46. The molecule has 1 aromatic heterocycles. The van der Waals surface area contributed by atoms with Gasteiger partial charge in [0.05, 0.1) is 5.39 Å². The first-order valence-corrected chi connectivity index (χ1v) is 7.27. The van der Waals surface area contributed by atoms with Crippen LogP contribution in [0.5, 0.6) is 11.5 Å². The normalized spacial score (nSPS) is 12.3. The maximum atomic E-state index is 13.0. The fourth-order valence-corrected chi connectivity index (χ4v) is 2.46. The monoisotopic (exact) mass is 314 g/mol. The molecule has 5 heteroatoms. The fraction of sp³-hybridized carbons (Fsp3) is 0.167. The van der Waals surface area contributed by atoms with Crippen molar-refractivity contribution in [3.8, 4) is 11.5 Å². The second-order valence-corrected chi connectivity index (χ2v) is 5.12. The minimum Gasteiger partial charge on any atom is -0.506 e. The summed E-state index contributed by atoms with van der Waals surface area (Å²) in [5, 5.41) is 10.9. The van der Waals surface area contributed by atoms with E-state index in [0.29, 0.717) is 23.1 Å². The SMILES string of the molecule is CCC(Oc1ccc(F)cc1)c1c(O)c2ccccc2oc1=O. The molecule has 1 unspecified atom stereocenters. The van der Waals surface area contributed by atoms with Gasteiger partial charge in [-0.2, -0.15) is 0 Å². The maximum absolute atomic E-state index is 13.0.